The molecule has 0 bridgehead atoms. The summed E-state index contributed by atoms with van der Waals surface area (Å²) in [6.07, 6.45) is 5.51. The van der Waals surface area contributed by atoms with E-state index in [1.165, 1.54) is 0 Å². The van der Waals surface area contributed by atoms with Crippen molar-refractivity contribution in [3.8, 4) is 0 Å². The van der Waals surface area contributed by atoms with Crippen LogP contribution in [-0.4, -0.2) is 56.0 Å². The van der Waals surface area contributed by atoms with Crippen molar-refractivity contribution in [2.24, 2.45) is 45.3 Å². The zero-order chi connectivity index (χ0) is 26.0. The van der Waals surface area contributed by atoms with Gasteiger partial charge in [-0.05, 0) is 106 Å². The molecule has 1 heterocycles. The molecule has 0 aromatic rings. The quantitative estimate of drug-likeness (QED) is 0.449. The Morgan fingerprint density at radius 1 is 0.743 bits per heavy atom. The second-order valence-electron chi connectivity index (χ2n) is 15.5. The topological polar surface area (TPSA) is 90.2 Å². The van der Waals surface area contributed by atoms with E-state index in [0.29, 0.717) is 12.8 Å². The lowest BCUT2D eigenvalue weighted by Gasteiger charge is -2.71. The molecule has 5 fully saturated rings. The zero-order valence-electron chi connectivity index (χ0n) is 23.5. The molecular formula is C30H52O5. The lowest BCUT2D eigenvalue weighted by Crippen LogP contribution is -2.69. The molecule has 4 aliphatic carbocycles. The van der Waals surface area contributed by atoms with Crippen LogP contribution in [0.3, 0.4) is 0 Å². The highest BCUT2D eigenvalue weighted by Crippen LogP contribution is 2.76. The number of aliphatic hydroxyl groups is 4. The number of ether oxygens (including phenoxy) is 1. The van der Waals surface area contributed by atoms with Crippen LogP contribution in [0.25, 0.3) is 0 Å². The summed E-state index contributed by atoms with van der Waals surface area (Å²) >= 11 is 0. The number of hydrogen-bond acceptors (Lipinski definition) is 5. The largest absolute Gasteiger partial charge is 0.393 e. The van der Waals surface area contributed by atoms with E-state index in [4.69, 9.17) is 4.74 Å². The molecule has 35 heavy (non-hydrogen) atoms. The third-order valence-electron chi connectivity index (χ3n) is 13.4. The molecule has 0 aromatic carbocycles. The average molecular weight is 493 g/mol. The molecule has 5 unspecified atom stereocenters. The van der Waals surface area contributed by atoms with Gasteiger partial charge in [0, 0.05) is 11.8 Å². The van der Waals surface area contributed by atoms with E-state index in [-0.39, 0.29) is 57.0 Å². The maximum Gasteiger partial charge on any atom is 0.0865 e. The molecule has 202 valence electrons. The Hall–Kier alpha value is -0.200. The zero-order valence-corrected chi connectivity index (χ0v) is 23.5. The molecular weight excluding hydrogens is 440 g/mol. The van der Waals surface area contributed by atoms with E-state index in [1.54, 1.807) is 0 Å². The molecule has 4 saturated carbocycles. The van der Waals surface area contributed by atoms with Crippen LogP contribution in [0, 0.1) is 45.3 Å². The minimum atomic E-state index is -0.858. The maximum atomic E-state index is 11.9. The first kappa shape index (κ1) is 26.4. The molecule has 4 N–H and O–H groups in total. The molecule has 5 rings (SSSR count). The van der Waals surface area contributed by atoms with Gasteiger partial charge in [0.1, 0.15) is 0 Å². The monoisotopic (exact) mass is 492 g/mol. The van der Waals surface area contributed by atoms with Crippen LogP contribution in [-0.2, 0) is 4.74 Å². The summed E-state index contributed by atoms with van der Waals surface area (Å²) in [5, 5.41) is 44.9. The van der Waals surface area contributed by atoms with Crippen molar-refractivity contribution in [3.05, 3.63) is 0 Å². The fourth-order valence-electron chi connectivity index (χ4n) is 11.0. The Bertz CT molecular complexity index is 850. The smallest absolute Gasteiger partial charge is 0.0865 e. The van der Waals surface area contributed by atoms with E-state index in [1.807, 2.05) is 13.8 Å². The molecule has 5 heteroatoms. The number of rotatable bonds is 2. The summed E-state index contributed by atoms with van der Waals surface area (Å²) in [5.74, 6) is 0.882. The summed E-state index contributed by atoms with van der Waals surface area (Å²) in [5.41, 5.74) is -1.76. The second-order valence-corrected chi connectivity index (χ2v) is 15.5. The highest BCUT2D eigenvalue weighted by Gasteiger charge is 2.73. The highest BCUT2D eigenvalue weighted by molar-refractivity contribution is 5.21. The van der Waals surface area contributed by atoms with Gasteiger partial charge in [-0.3, -0.25) is 0 Å². The van der Waals surface area contributed by atoms with Crippen LogP contribution >= 0.6 is 0 Å². The first-order valence-electron chi connectivity index (χ1n) is 14.4. The van der Waals surface area contributed by atoms with Gasteiger partial charge in [0.05, 0.1) is 35.6 Å². The Morgan fingerprint density at radius 3 is 1.97 bits per heavy atom. The average Bonchev–Trinajstić information content (AvgIpc) is 3.32. The Balaban J connectivity index is 1.50. The summed E-state index contributed by atoms with van der Waals surface area (Å²) < 4.78 is 6.64. The SMILES string of the molecule is CC1(C)C(O)C[C@@H](O)[C@@]2(C)C1CC[C@]1(C)C2C[C@@H](O)[C@@H]2C([C@@]3(C)CC[C@@H](C(C)(C)O)O3)CCC21C. The van der Waals surface area contributed by atoms with Crippen molar-refractivity contribution in [2.45, 2.75) is 142 Å². The van der Waals surface area contributed by atoms with Gasteiger partial charge in [0.2, 0.25) is 0 Å². The van der Waals surface area contributed by atoms with Gasteiger partial charge in [0.25, 0.3) is 0 Å². The first-order valence-corrected chi connectivity index (χ1v) is 14.4. The van der Waals surface area contributed by atoms with Gasteiger partial charge in [0.15, 0.2) is 0 Å². The summed E-state index contributed by atoms with van der Waals surface area (Å²) in [4.78, 5) is 0. The van der Waals surface area contributed by atoms with Crippen LogP contribution < -0.4 is 0 Å². The van der Waals surface area contributed by atoms with Crippen LogP contribution in [0.1, 0.15) is 107 Å². The maximum absolute atomic E-state index is 11.9. The number of hydrogen-bond donors (Lipinski definition) is 4. The molecule has 12 atom stereocenters. The van der Waals surface area contributed by atoms with Crippen molar-refractivity contribution in [1.29, 1.82) is 0 Å². The van der Waals surface area contributed by atoms with Gasteiger partial charge < -0.3 is 25.2 Å². The molecule has 1 saturated heterocycles. The third-order valence-corrected chi connectivity index (χ3v) is 13.4. The highest BCUT2D eigenvalue weighted by atomic mass is 16.5. The summed E-state index contributed by atoms with van der Waals surface area (Å²) in [6, 6.07) is 0. The third kappa shape index (κ3) is 3.30. The minimum absolute atomic E-state index is 0.0147. The fourth-order valence-corrected chi connectivity index (χ4v) is 11.0. The van der Waals surface area contributed by atoms with Crippen molar-refractivity contribution >= 4 is 0 Å². The predicted octanol–water partition coefficient (Wildman–Crippen LogP) is 4.68. The summed E-state index contributed by atoms with van der Waals surface area (Å²) in [7, 11) is 0. The van der Waals surface area contributed by atoms with Crippen molar-refractivity contribution < 1.29 is 25.2 Å². The Kier molecular flexibility index (Phi) is 5.80. The Labute approximate surface area is 213 Å². The molecule has 0 spiro atoms. The molecule has 5 aliphatic rings. The van der Waals surface area contributed by atoms with E-state index < -0.39 is 23.9 Å². The van der Waals surface area contributed by atoms with Crippen LogP contribution in [0.15, 0.2) is 0 Å². The van der Waals surface area contributed by atoms with Crippen LogP contribution in [0.5, 0.6) is 0 Å². The minimum Gasteiger partial charge on any atom is -0.393 e. The first-order chi connectivity index (χ1) is 15.9. The second kappa shape index (κ2) is 7.68. The molecule has 0 radical (unpaired) electrons. The van der Waals surface area contributed by atoms with E-state index in [0.717, 1.165) is 38.5 Å². The number of fused-ring (bicyclic) bond motifs is 5. The Morgan fingerprint density at radius 2 is 1.37 bits per heavy atom. The van der Waals surface area contributed by atoms with E-state index in [2.05, 4.69) is 41.5 Å². The van der Waals surface area contributed by atoms with Gasteiger partial charge in [-0.15, -0.1) is 0 Å². The molecule has 0 aromatic heterocycles. The normalized spacial score (nSPS) is 57.9. The van der Waals surface area contributed by atoms with Crippen molar-refractivity contribution in [1.82, 2.24) is 0 Å². The van der Waals surface area contributed by atoms with E-state index in [9.17, 15) is 20.4 Å². The van der Waals surface area contributed by atoms with Crippen LogP contribution in [0.2, 0.25) is 0 Å². The molecule has 5 nitrogen and oxygen atoms in total. The van der Waals surface area contributed by atoms with E-state index >= 15 is 0 Å². The van der Waals surface area contributed by atoms with Crippen LogP contribution in [0.4, 0.5) is 0 Å². The summed E-state index contributed by atoms with van der Waals surface area (Å²) in [6.45, 7) is 17.4. The van der Waals surface area contributed by atoms with Gasteiger partial charge in [-0.1, -0.05) is 34.6 Å². The van der Waals surface area contributed by atoms with Gasteiger partial charge in [-0.25, -0.2) is 0 Å². The van der Waals surface area contributed by atoms with Gasteiger partial charge in [-0.2, -0.15) is 0 Å². The standard InChI is InChI=1S/C30H52O5/c1-25(2)19-10-13-27(5)20(30(19,8)22(33)16-21(25)32)15-18(31)24-17(9-12-28(24,27)6)29(7)14-11-23(35-29)26(3,4)34/h17-24,31-34H,9-16H2,1-8H3/t17?,18-,19?,20?,21?,22-,23+,24+,27-,28?,29-,30+/m1/s1. The molecule has 0 amide bonds. The predicted molar refractivity (Wildman–Crippen MR) is 137 cm³/mol. The molecule has 1 aliphatic heterocycles. The van der Waals surface area contributed by atoms with Crippen molar-refractivity contribution in [3.63, 3.8) is 0 Å². The lowest BCUT2D eigenvalue weighted by atomic mass is 9.34. The van der Waals surface area contributed by atoms with Gasteiger partial charge >= 0.3 is 0 Å². The van der Waals surface area contributed by atoms with Crippen molar-refractivity contribution in [2.75, 3.05) is 0 Å². The number of aliphatic hydroxyl groups excluding tert-OH is 3. The lowest BCUT2D eigenvalue weighted by molar-refractivity contribution is -0.275. The fraction of sp³-hybridized carbons (Fsp3) is 1.00.